The topological polar surface area (TPSA) is 213 Å². The number of ether oxygens (including phenoxy) is 2. The summed E-state index contributed by atoms with van der Waals surface area (Å²) in [5, 5.41) is 32.7. The lowest BCUT2D eigenvalue weighted by Gasteiger charge is -2.12. The third-order valence-electron chi connectivity index (χ3n) is 6.51. The number of anilines is 1. The predicted octanol–water partition coefficient (Wildman–Crippen LogP) is 1.62. The first-order valence-corrected chi connectivity index (χ1v) is 13.3. The van der Waals surface area contributed by atoms with Crippen molar-refractivity contribution in [2.75, 3.05) is 32.2 Å². The molecular formula is C29H30N8O6. The Kier molecular flexibility index (Phi) is 8.50. The Bertz CT molecular complexity index is 1810. The number of amides is 1. The summed E-state index contributed by atoms with van der Waals surface area (Å²) in [5.41, 5.74) is 8.09. The van der Waals surface area contributed by atoms with Gasteiger partial charge in [-0.1, -0.05) is 12.1 Å². The Morgan fingerprint density at radius 2 is 1.88 bits per heavy atom. The molecule has 5 rings (SSSR count). The molecule has 5 aromatic rings. The van der Waals surface area contributed by atoms with Crippen LogP contribution in [0.5, 0.6) is 11.5 Å². The molecule has 0 bridgehead atoms. The summed E-state index contributed by atoms with van der Waals surface area (Å²) in [4.78, 5) is 38.4. The van der Waals surface area contributed by atoms with Gasteiger partial charge in [0, 0.05) is 11.3 Å². The molecule has 0 saturated heterocycles. The number of nitrogens with zero attached hydrogens (tertiary/aromatic N) is 3. The molecule has 0 aliphatic rings. The van der Waals surface area contributed by atoms with E-state index in [9.17, 15) is 19.8 Å². The van der Waals surface area contributed by atoms with Gasteiger partial charge in [-0.05, 0) is 48.5 Å². The first-order valence-electron chi connectivity index (χ1n) is 13.3. The van der Waals surface area contributed by atoms with Crippen LogP contribution in [0.15, 0.2) is 60.7 Å². The van der Waals surface area contributed by atoms with Crippen LogP contribution in [0, 0.1) is 5.41 Å². The zero-order valence-electron chi connectivity index (χ0n) is 23.1. The van der Waals surface area contributed by atoms with E-state index in [-0.39, 0.29) is 43.2 Å². The fraction of sp³-hybridized carbons (Fsp3) is 0.207. The number of carbonyl (C=O) groups excluding carboxylic acids is 2. The van der Waals surface area contributed by atoms with Gasteiger partial charge in [0.1, 0.15) is 6.61 Å². The van der Waals surface area contributed by atoms with Crippen molar-refractivity contribution in [3.63, 3.8) is 0 Å². The molecule has 0 fully saturated rings. The first-order chi connectivity index (χ1) is 20.8. The van der Waals surface area contributed by atoms with E-state index in [1.165, 1.54) is 4.57 Å². The molecule has 1 amide bonds. The zero-order chi connectivity index (χ0) is 30.5. The van der Waals surface area contributed by atoms with Crippen molar-refractivity contribution in [1.29, 1.82) is 5.41 Å². The number of aromatic nitrogens is 4. The van der Waals surface area contributed by atoms with Gasteiger partial charge in [-0.2, -0.15) is 0 Å². The molecule has 0 aliphatic heterocycles. The first kappa shape index (κ1) is 29.0. The van der Waals surface area contributed by atoms with E-state index in [0.717, 1.165) is 0 Å². The maximum Gasteiger partial charge on any atom is 0.263 e. The molecule has 222 valence electrons. The lowest BCUT2D eigenvalue weighted by molar-refractivity contribution is 0.0803. The minimum absolute atomic E-state index is 0.00182. The number of para-hydroxylation sites is 2. The van der Waals surface area contributed by atoms with E-state index in [1.807, 2.05) is 12.1 Å². The highest BCUT2D eigenvalue weighted by Gasteiger charge is 2.24. The number of benzene rings is 3. The van der Waals surface area contributed by atoms with Gasteiger partial charge in [-0.25, -0.2) is 9.97 Å². The van der Waals surface area contributed by atoms with Crippen molar-refractivity contribution in [3.8, 4) is 11.5 Å². The molecule has 3 aromatic carbocycles. The minimum Gasteiger partial charge on any atom is -0.493 e. The predicted molar refractivity (Wildman–Crippen MR) is 159 cm³/mol. The molecule has 0 aliphatic carbocycles. The number of ketones is 1. The lowest BCUT2D eigenvalue weighted by atomic mass is 10.2. The number of imidazole rings is 2. The number of H-pyrrole nitrogens is 1. The normalized spacial score (nSPS) is 11.8. The molecule has 0 radical (unpaired) electrons. The van der Waals surface area contributed by atoms with Gasteiger partial charge in [0.25, 0.3) is 11.7 Å². The fourth-order valence-electron chi connectivity index (χ4n) is 4.51. The highest BCUT2D eigenvalue weighted by Crippen LogP contribution is 2.26. The van der Waals surface area contributed by atoms with Crippen molar-refractivity contribution in [2.24, 2.45) is 5.73 Å². The Hall–Kier alpha value is -5.47. The molecule has 2 heterocycles. The Morgan fingerprint density at radius 3 is 2.63 bits per heavy atom. The van der Waals surface area contributed by atoms with Crippen LogP contribution in [0.3, 0.4) is 0 Å². The standard InChI is InChI=1S/C29H30N8O6/c1-42-23-4-2-3-5-24(23)43-11-10-32-28(41)16-6-8-20-22(12-16)37(14-18(39)15-38)27(36-20)25(40)26-34-19-9-7-17(33-29(30)31)13-21(19)35-26/h2-9,12-13,18,38-39H,10-11,14-15H2,1H3,(H,32,41)(H,34,35)(H4,30,31,33). The molecule has 8 N–H and O–H groups in total. The van der Waals surface area contributed by atoms with E-state index >= 15 is 0 Å². The van der Waals surface area contributed by atoms with Gasteiger partial charge >= 0.3 is 0 Å². The van der Waals surface area contributed by atoms with Gasteiger partial charge in [-0.3, -0.25) is 15.0 Å². The summed E-state index contributed by atoms with van der Waals surface area (Å²) >= 11 is 0. The maximum atomic E-state index is 13.6. The number of methoxy groups -OCH3 is 1. The number of aliphatic hydroxyl groups is 2. The largest absolute Gasteiger partial charge is 0.493 e. The van der Waals surface area contributed by atoms with Crippen LogP contribution >= 0.6 is 0 Å². The number of aliphatic hydroxyl groups excluding tert-OH is 2. The minimum atomic E-state index is -1.19. The lowest BCUT2D eigenvalue weighted by Crippen LogP contribution is -2.28. The number of hydrogen-bond donors (Lipinski definition) is 7. The van der Waals surface area contributed by atoms with Crippen molar-refractivity contribution >= 4 is 45.4 Å². The SMILES string of the molecule is COc1ccccc1OCCNC(=O)c1ccc2nc(C(=O)c3nc4cc(NC(=N)N)ccc4[nH]3)n(CC(O)CO)c2c1. The average molecular weight is 587 g/mol. The van der Waals surface area contributed by atoms with Crippen LogP contribution in [0.2, 0.25) is 0 Å². The number of nitrogens with two attached hydrogens (primary N) is 1. The summed E-state index contributed by atoms with van der Waals surface area (Å²) in [7, 11) is 1.55. The number of hydrogen-bond acceptors (Lipinski definition) is 9. The summed E-state index contributed by atoms with van der Waals surface area (Å²) in [5.74, 6) is -0.0672. The van der Waals surface area contributed by atoms with Crippen LogP contribution in [0.4, 0.5) is 5.69 Å². The number of nitrogens with one attached hydrogen (secondary N) is 4. The van der Waals surface area contributed by atoms with E-state index < -0.39 is 18.5 Å². The summed E-state index contributed by atoms with van der Waals surface area (Å²) < 4.78 is 12.4. The van der Waals surface area contributed by atoms with Crippen LogP contribution in [0.1, 0.15) is 26.8 Å². The Morgan fingerprint density at radius 1 is 1.09 bits per heavy atom. The van der Waals surface area contributed by atoms with Gasteiger partial charge in [0.05, 0.1) is 55.0 Å². The third kappa shape index (κ3) is 6.39. The van der Waals surface area contributed by atoms with Crippen LogP contribution in [-0.4, -0.2) is 80.4 Å². The van der Waals surface area contributed by atoms with E-state index in [4.69, 9.17) is 20.6 Å². The van der Waals surface area contributed by atoms with Gasteiger partial charge in [0.15, 0.2) is 29.1 Å². The van der Waals surface area contributed by atoms with Gasteiger partial charge in [-0.15, -0.1) is 0 Å². The number of fused-ring (bicyclic) bond motifs is 2. The van der Waals surface area contributed by atoms with Gasteiger partial charge in [0.2, 0.25) is 0 Å². The van der Waals surface area contributed by atoms with Crippen LogP contribution in [0.25, 0.3) is 22.1 Å². The maximum absolute atomic E-state index is 13.6. The number of guanidine groups is 1. The van der Waals surface area contributed by atoms with Crippen molar-refractivity contribution in [1.82, 2.24) is 24.8 Å². The molecule has 43 heavy (non-hydrogen) atoms. The average Bonchev–Trinajstić information content (AvgIpc) is 3.59. The molecule has 14 nitrogen and oxygen atoms in total. The molecule has 14 heteroatoms. The Balaban J connectivity index is 1.38. The quantitative estimate of drug-likeness (QED) is 0.0485. The van der Waals surface area contributed by atoms with Crippen molar-refractivity contribution in [3.05, 3.63) is 77.9 Å². The van der Waals surface area contributed by atoms with Gasteiger partial charge < -0.3 is 45.6 Å². The smallest absolute Gasteiger partial charge is 0.263 e. The summed E-state index contributed by atoms with van der Waals surface area (Å²) in [6.07, 6.45) is -1.19. The van der Waals surface area contributed by atoms with E-state index in [0.29, 0.717) is 44.8 Å². The number of rotatable bonds is 12. The summed E-state index contributed by atoms with van der Waals surface area (Å²) in [6.45, 7) is -0.274. The number of carbonyl (C=O) groups is 2. The molecule has 1 unspecified atom stereocenters. The molecule has 0 spiro atoms. The van der Waals surface area contributed by atoms with Crippen molar-refractivity contribution < 1.29 is 29.3 Å². The second kappa shape index (κ2) is 12.6. The molecular weight excluding hydrogens is 556 g/mol. The highest BCUT2D eigenvalue weighted by atomic mass is 16.5. The van der Waals surface area contributed by atoms with Crippen molar-refractivity contribution in [2.45, 2.75) is 12.6 Å². The summed E-state index contributed by atoms with van der Waals surface area (Å²) in [6, 6.07) is 16.9. The molecule has 1 atom stereocenters. The second-order valence-corrected chi connectivity index (χ2v) is 9.53. The molecule has 2 aromatic heterocycles. The highest BCUT2D eigenvalue weighted by molar-refractivity contribution is 6.08. The van der Waals surface area contributed by atoms with E-state index in [2.05, 4.69) is 25.6 Å². The fourth-order valence-corrected chi connectivity index (χ4v) is 4.51. The molecule has 0 saturated carbocycles. The Labute approximate surface area is 245 Å². The van der Waals surface area contributed by atoms with Crippen LogP contribution in [-0.2, 0) is 6.54 Å². The number of aromatic amines is 1. The van der Waals surface area contributed by atoms with Crippen LogP contribution < -0.4 is 25.8 Å². The monoisotopic (exact) mass is 586 g/mol. The third-order valence-corrected chi connectivity index (χ3v) is 6.51. The second-order valence-electron chi connectivity index (χ2n) is 9.53. The zero-order valence-corrected chi connectivity index (χ0v) is 23.1. The van der Waals surface area contributed by atoms with E-state index in [1.54, 1.807) is 55.6 Å².